The van der Waals surface area contributed by atoms with Crippen LogP contribution in [0.25, 0.3) is 6.08 Å². The highest BCUT2D eigenvalue weighted by molar-refractivity contribution is 9.10. The summed E-state index contributed by atoms with van der Waals surface area (Å²) in [7, 11) is 0. The Balaban J connectivity index is 2.74. The Morgan fingerprint density at radius 1 is 1.41 bits per heavy atom. The molecule has 0 amide bonds. The van der Waals surface area contributed by atoms with E-state index < -0.39 is 5.60 Å². The van der Waals surface area contributed by atoms with Gasteiger partial charge in [-0.05, 0) is 44.5 Å². The summed E-state index contributed by atoms with van der Waals surface area (Å²) in [6.45, 7) is 5.49. The summed E-state index contributed by atoms with van der Waals surface area (Å²) in [5.74, 6) is -0.362. The molecule has 0 bridgehead atoms. The molecule has 92 valence electrons. The molecule has 0 aromatic heterocycles. The van der Waals surface area contributed by atoms with E-state index in [2.05, 4.69) is 15.9 Å². The summed E-state index contributed by atoms with van der Waals surface area (Å²) < 4.78 is 5.99. The van der Waals surface area contributed by atoms with Crippen LogP contribution in [0.5, 0.6) is 0 Å². The summed E-state index contributed by atoms with van der Waals surface area (Å²) in [4.78, 5) is 11.5. The molecular formula is C13H14BrClO2. The Bertz CT molecular complexity index is 447. The Morgan fingerprint density at radius 2 is 2.06 bits per heavy atom. The van der Waals surface area contributed by atoms with Crippen LogP contribution in [0.2, 0.25) is 5.02 Å². The van der Waals surface area contributed by atoms with Crippen molar-refractivity contribution in [2.75, 3.05) is 0 Å². The number of benzene rings is 1. The number of carbonyl (C=O) groups excluding carboxylic acids is 1. The van der Waals surface area contributed by atoms with E-state index in [-0.39, 0.29) is 5.97 Å². The molecular weight excluding hydrogens is 303 g/mol. The molecule has 0 fully saturated rings. The van der Waals surface area contributed by atoms with Crippen LogP contribution in [0.4, 0.5) is 0 Å². The summed E-state index contributed by atoms with van der Waals surface area (Å²) in [6, 6.07) is 5.37. The maximum absolute atomic E-state index is 11.5. The first kappa shape index (κ1) is 14.3. The van der Waals surface area contributed by atoms with Crippen LogP contribution in [0.1, 0.15) is 26.3 Å². The van der Waals surface area contributed by atoms with Crippen molar-refractivity contribution in [3.05, 3.63) is 39.3 Å². The lowest BCUT2D eigenvalue weighted by atomic mass is 10.2. The number of halogens is 2. The molecule has 1 aromatic carbocycles. The lowest BCUT2D eigenvalue weighted by molar-refractivity contribution is -0.148. The van der Waals surface area contributed by atoms with Gasteiger partial charge in [0, 0.05) is 15.6 Å². The first-order chi connectivity index (χ1) is 7.78. The van der Waals surface area contributed by atoms with Gasteiger partial charge in [-0.1, -0.05) is 33.6 Å². The zero-order valence-corrected chi connectivity index (χ0v) is 12.3. The average Bonchev–Trinajstić information content (AvgIpc) is 2.13. The SMILES string of the molecule is CC(C)(C)OC(=O)/C=C/c1ccc(Cl)cc1Br. The Morgan fingerprint density at radius 3 is 2.59 bits per heavy atom. The number of hydrogen-bond acceptors (Lipinski definition) is 2. The lowest BCUT2D eigenvalue weighted by Crippen LogP contribution is -2.22. The minimum Gasteiger partial charge on any atom is -0.457 e. The molecule has 0 radical (unpaired) electrons. The van der Waals surface area contributed by atoms with Crippen molar-refractivity contribution < 1.29 is 9.53 Å². The van der Waals surface area contributed by atoms with E-state index in [1.54, 1.807) is 18.2 Å². The highest BCUT2D eigenvalue weighted by Crippen LogP contribution is 2.22. The van der Waals surface area contributed by atoms with Crippen LogP contribution in [-0.2, 0) is 9.53 Å². The predicted molar refractivity (Wildman–Crippen MR) is 74.0 cm³/mol. The van der Waals surface area contributed by atoms with Crippen LogP contribution < -0.4 is 0 Å². The van der Waals surface area contributed by atoms with Crippen LogP contribution in [0.3, 0.4) is 0 Å². The van der Waals surface area contributed by atoms with E-state index in [0.29, 0.717) is 5.02 Å². The van der Waals surface area contributed by atoms with Crippen molar-refractivity contribution in [3.63, 3.8) is 0 Å². The second kappa shape index (κ2) is 5.69. The molecule has 1 rings (SSSR count). The van der Waals surface area contributed by atoms with Crippen molar-refractivity contribution in [2.24, 2.45) is 0 Å². The van der Waals surface area contributed by atoms with Gasteiger partial charge < -0.3 is 4.74 Å². The maximum atomic E-state index is 11.5. The summed E-state index contributed by atoms with van der Waals surface area (Å²) >= 11 is 9.19. The molecule has 1 aromatic rings. The molecule has 0 N–H and O–H groups in total. The van der Waals surface area contributed by atoms with Gasteiger partial charge in [0.1, 0.15) is 5.60 Å². The molecule has 0 spiro atoms. The monoisotopic (exact) mass is 316 g/mol. The number of ether oxygens (including phenoxy) is 1. The fourth-order valence-electron chi connectivity index (χ4n) is 1.13. The molecule has 0 saturated carbocycles. The quantitative estimate of drug-likeness (QED) is 0.595. The summed E-state index contributed by atoms with van der Waals surface area (Å²) in [5, 5.41) is 0.645. The molecule has 0 unspecified atom stereocenters. The highest BCUT2D eigenvalue weighted by atomic mass is 79.9. The first-order valence-corrected chi connectivity index (χ1v) is 6.31. The van der Waals surface area contributed by atoms with Crippen LogP contribution in [-0.4, -0.2) is 11.6 Å². The minimum absolute atomic E-state index is 0.362. The van der Waals surface area contributed by atoms with Gasteiger partial charge in [-0.2, -0.15) is 0 Å². The van der Waals surface area contributed by atoms with Crippen molar-refractivity contribution in [1.29, 1.82) is 0 Å². The fraction of sp³-hybridized carbons (Fsp3) is 0.308. The normalized spacial score (nSPS) is 11.8. The smallest absolute Gasteiger partial charge is 0.331 e. The van der Waals surface area contributed by atoms with Gasteiger partial charge in [-0.15, -0.1) is 0 Å². The third-order valence-corrected chi connectivity index (χ3v) is 2.69. The van der Waals surface area contributed by atoms with Crippen LogP contribution in [0.15, 0.2) is 28.7 Å². The average molecular weight is 318 g/mol. The van der Waals surface area contributed by atoms with Gasteiger partial charge in [-0.3, -0.25) is 0 Å². The molecule has 4 heteroatoms. The molecule has 0 aliphatic rings. The standard InChI is InChI=1S/C13H14BrClO2/c1-13(2,3)17-12(16)7-5-9-4-6-10(15)8-11(9)14/h4-8H,1-3H3/b7-5+. The molecule has 0 heterocycles. The van der Waals surface area contributed by atoms with E-state index in [1.807, 2.05) is 26.8 Å². The molecule has 2 nitrogen and oxygen atoms in total. The topological polar surface area (TPSA) is 26.3 Å². The highest BCUT2D eigenvalue weighted by Gasteiger charge is 2.13. The minimum atomic E-state index is -0.474. The van der Waals surface area contributed by atoms with Gasteiger partial charge in [0.2, 0.25) is 0 Å². The fourth-order valence-corrected chi connectivity index (χ4v) is 1.95. The Hall–Kier alpha value is -0.800. The van der Waals surface area contributed by atoms with E-state index in [4.69, 9.17) is 16.3 Å². The van der Waals surface area contributed by atoms with E-state index in [1.165, 1.54) is 6.08 Å². The number of esters is 1. The van der Waals surface area contributed by atoms with Crippen molar-refractivity contribution in [1.82, 2.24) is 0 Å². The number of carbonyl (C=O) groups is 1. The van der Waals surface area contributed by atoms with E-state index in [0.717, 1.165) is 10.0 Å². The van der Waals surface area contributed by atoms with Gasteiger partial charge in [-0.25, -0.2) is 4.79 Å². The first-order valence-electron chi connectivity index (χ1n) is 5.14. The van der Waals surface area contributed by atoms with Crippen LogP contribution >= 0.6 is 27.5 Å². The lowest BCUT2D eigenvalue weighted by Gasteiger charge is -2.17. The molecule has 0 aliphatic carbocycles. The number of hydrogen-bond donors (Lipinski definition) is 0. The molecule has 0 atom stereocenters. The molecule has 0 aliphatic heterocycles. The Kier molecular flexibility index (Phi) is 4.78. The second-order valence-electron chi connectivity index (χ2n) is 4.53. The third kappa shape index (κ3) is 5.37. The van der Waals surface area contributed by atoms with E-state index >= 15 is 0 Å². The largest absolute Gasteiger partial charge is 0.457 e. The number of rotatable bonds is 2. The van der Waals surface area contributed by atoms with Crippen molar-refractivity contribution in [3.8, 4) is 0 Å². The second-order valence-corrected chi connectivity index (χ2v) is 5.82. The zero-order valence-electron chi connectivity index (χ0n) is 9.96. The van der Waals surface area contributed by atoms with E-state index in [9.17, 15) is 4.79 Å². The Labute approximate surface area is 115 Å². The van der Waals surface area contributed by atoms with Gasteiger partial charge in [0.05, 0.1) is 0 Å². The van der Waals surface area contributed by atoms with Gasteiger partial charge >= 0.3 is 5.97 Å². The van der Waals surface area contributed by atoms with Gasteiger partial charge in [0.15, 0.2) is 0 Å². The van der Waals surface area contributed by atoms with Crippen LogP contribution in [0, 0.1) is 0 Å². The maximum Gasteiger partial charge on any atom is 0.331 e. The molecule has 17 heavy (non-hydrogen) atoms. The third-order valence-electron chi connectivity index (χ3n) is 1.77. The molecule has 0 saturated heterocycles. The zero-order chi connectivity index (χ0) is 13.1. The van der Waals surface area contributed by atoms with Crippen molar-refractivity contribution >= 4 is 39.6 Å². The van der Waals surface area contributed by atoms with Gasteiger partial charge in [0.25, 0.3) is 0 Å². The summed E-state index contributed by atoms with van der Waals surface area (Å²) in [5.41, 5.74) is 0.402. The predicted octanol–water partition coefficient (Wildman–Crippen LogP) is 4.46. The summed E-state index contributed by atoms with van der Waals surface area (Å²) in [6.07, 6.45) is 3.09. The van der Waals surface area contributed by atoms with Crippen molar-refractivity contribution in [2.45, 2.75) is 26.4 Å².